The van der Waals surface area contributed by atoms with Crippen LogP contribution < -0.4 is 5.73 Å². The molecule has 112 valence electrons. The van der Waals surface area contributed by atoms with Gasteiger partial charge in [-0.25, -0.2) is 0 Å². The van der Waals surface area contributed by atoms with Crippen molar-refractivity contribution in [3.63, 3.8) is 0 Å². The smallest absolute Gasteiger partial charge is 0.0804 e. The molecule has 19 heavy (non-hydrogen) atoms. The molecule has 1 heterocycles. The summed E-state index contributed by atoms with van der Waals surface area (Å²) >= 11 is 0. The summed E-state index contributed by atoms with van der Waals surface area (Å²) in [4.78, 5) is 0. The van der Waals surface area contributed by atoms with Crippen molar-refractivity contribution in [1.29, 1.82) is 0 Å². The van der Waals surface area contributed by atoms with E-state index in [-0.39, 0.29) is 5.60 Å². The van der Waals surface area contributed by atoms with E-state index in [1.807, 2.05) is 0 Å². The van der Waals surface area contributed by atoms with E-state index in [0.717, 1.165) is 44.3 Å². The summed E-state index contributed by atoms with van der Waals surface area (Å²) in [6.07, 6.45) is 8.70. The van der Waals surface area contributed by atoms with Gasteiger partial charge in [-0.15, -0.1) is 0 Å². The fraction of sp³-hybridized carbons (Fsp3) is 1.00. The van der Waals surface area contributed by atoms with Crippen LogP contribution >= 0.6 is 0 Å². The molecular formula is C16H31NO2. The molecule has 0 bridgehead atoms. The van der Waals surface area contributed by atoms with Gasteiger partial charge >= 0.3 is 0 Å². The zero-order chi connectivity index (χ0) is 13.7. The lowest BCUT2D eigenvalue weighted by molar-refractivity contribution is -0.0831. The van der Waals surface area contributed by atoms with Crippen molar-refractivity contribution >= 4 is 0 Å². The molecule has 0 amide bonds. The molecular weight excluding hydrogens is 238 g/mol. The van der Waals surface area contributed by atoms with E-state index in [2.05, 4.69) is 13.8 Å². The van der Waals surface area contributed by atoms with Gasteiger partial charge in [0.05, 0.1) is 11.7 Å². The summed E-state index contributed by atoms with van der Waals surface area (Å²) in [5.74, 6) is 1.66. The van der Waals surface area contributed by atoms with Crippen LogP contribution in [0, 0.1) is 11.8 Å². The maximum Gasteiger partial charge on any atom is 0.0804 e. The third-order valence-corrected chi connectivity index (χ3v) is 5.13. The van der Waals surface area contributed by atoms with Crippen molar-refractivity contribution in [2.24, 2.45) is 17.6 Å². The van der Waals surface area contributed by atoms with Crippen molar-refractivity contribution in [2.45, 2.75) is 70.5 Å². The third-order valence-electron chi connectivity index (χ3n) is 5.13. The third kappa shape index (κ3) is 4.17. The summed E-state index contributed by atoms with van der Waals surface area (Å²) in [7, 11) is 0. The number of rotatable bonds is 6. The SMILES string of the molecule is CC(C)C1CCC(CN)(OCCC2CCCO2)CC1. The minimum absolute atomic E-state index is 0.0377. The molecule has 1 unspecified atom stereocenters. The molecule has 0 spiro atoms. The molecule has 0 aromatic carbocycles. The van der Waals surface area contributed by atoms with E-state index in [0.29, 0.717) is 12.6 Å². The second kappa shape index (κ2) is 7.05. The number of ether oxygens (including phenoxy) is 2. The zero-order valence-electron chi connectivity index (χ0n) is 12.7. The number of nitrogens with two attached hydrogens (primary N) is 1. The van der Waals surface area contributed by atoms with Crippen LogP contribution in [0.15, 0.2) is 0 Å². The highest BCUT2D eigenvalue weighted by molar-refractivity contribution is 4.89. The highest BCUT2D eigenvalue weighted by Crippen LogP contribution is 2.37. The number of hydrogen-bond donors (Lipinski definition) is 1. The van der Waals surface area contributed by atoms with E-state index in [1.54, 1.807) is 0 Å². The average Bonchev–Trinajstić information content (AvgIpc) is 2.92. The molecule has 1 aliphatic heterocycles. The average molecular weight is 269 g/mol. The quantitative estimate of drug-likeness (QED) is 0.806. The van der Waals surface area contributed by atoms with Gasteiger partial charge in [-0.1, -0.05) is 13.8 Å². The maximum absolute atomic E-state index is 6.20. The van der Waals surface area contributed by atoms with E-state index in [1.165, 1.54) is 25.7 Å². The molecule has 3 heteroatoms. The van der Waals surface area contributed by atoms with Crippen LogP contribution in [-0.4, -0.2) is 31.5 Å². The monoisotopic (exact) mass is 269 g/mol. The van der Waals surface area contributed by atoms with E-state index in [4.69, 9.17) is 15.2 Å². The highest BCUT2D eigenvalue weighted by atomic mass is 16.5. The lowest BCUT2D eigenvalue weighted by atomic mass is 9.74. The lowest BCUT2D eigenvalue weighted by Gasteiger charge is -2.40. The fourth-order valence-corrected chi connectivity index (χ4v) is 3.52. The molecule has 2 rings (SSSR count). The van der Waals surface area contributed by atoms with Crippen LogP contribution in [0.3, 0.4) is 0 Å². The first-order chi connectivity index (χ1) is 9.15. The first kappa shape index (κ1) is 15.3. The minimum Gasteiger partial charge on any atom is -0.378 e. The van der Waals surface area contributed by atoms with E-state index < -0.39 is 0 Å². The molecule has 1 aliphatic carbocycles. The zero-order valence-corrected chi connectivity index (χ0v) is 12.7. The second-order valence-corrected chi connectivity index (χ2v) is 6.74. The van der Waals surface area contributed by atoms with Crippen LogP contribution in [0.1, 0.15) is 58.8 Å². The van der Waals surface area contributed by atoms with Crippen LogP contribution in [0.5, 0.6) is 0 Å². The van der Waals surface area contributed by atoms with Gasteiger partial charge in [0.15, 0.2) is 0 Å². The summed E-state index contributed by atoms with van der Waals surface area (Å²) in [6, 6.07) is 0. The van der Waals surface area contributed by atoms with E-state index in [9.17, 15) is 0 Å². The maximum atomic E-state index is 6.20. The van der Waals surface area contributed by atoms with Gasteiger partial charge in [0, 0.05) is 19.8 Å². The fourth-order valence-electron chi connectivity index (χ4n) is 3.52. The minimum atomic E-state index is -0.0377. The largest absolute Gasteiger partial charge is 0.378 e. The topological polar surface area (TPSA) is 44.5 Å². The standard InChI is InChI=1S/C16H31NO2/c1-13(2)14-5-8-16(12-17,9-6-14)19-11-7-15-4-3-10-18-15/h13-15H,3-12,17H2,1-2H3. The Morgan fingerprint density at radius 3 is 2.53 bits per heavy atom. The van der Waals surface area contributed by atoms with Gasteiger partial charge in [-0.2, -0.15) is 0 Å². The predicted octanol–water partition coefficient (Wildman–Crippen LogP) is 3.12. The Bertz CT molecular complexity index is 253. The van der Waals surface area contributed by atoms with Crippen molar-refractivity contribution < 1.29 is 9.47 Å². The molecule has 2 fully saturated rings. The first-order valence-electron chi connectivity index (χ1n) is 8.11. The van der Waals surface area contributed by atoms with Crippen LogP contribution in [0.25, 0.3) is 0 Å². The molecule has 1 saturated carbocycles. The second-order valence-electron chi connectivity index (χ2n) is 6.74. The Morgan fingerprint density at radius 2 is 2.00 bits per heavy atom. The Labute approximate surface area is 118 Å². The molecule has 0 aromatic rings. The summed E-state index contributed by atoms with van der Waals surface area (Å²) in [5.41, 5.74) is 5.96. The Morgan fingerprint density at radius 1 is 1.26 bits per heavy atom. The van der Waals surface area contributed by atoms with Crippen molar-refractivity contribution in [3.05, 3.63) is 0 Å². The molecule has 1 atom stereocenters. The summed E-state index contributed by atoms with van der Waals surface area (Å²) in [5, 5.41) is 0. The highest BCUT2D eigenvalue weighted by Gasteiger charge is 2.36. The predicted molar refractivity (Wildman–Crippen MR) is 78.1 cm³/mol. The summed E-state index contributed by atoms with van der Waals surface area (Å²) < 4.78 is 11.9. The lowest BCUT2D eigenvalue weighted by Crippen LogP contribution is -2.45. The van der Waals surface area contributed by atoms with Crippen molar-refractivity contribution in [3.8, 4) is 0 Å². The molecule has 2 N–H and O–H groups in total. The molecule has 2 aliphatic rings. The normalized spacial score (nSPS) is 36.0. The molecule has 1 saturated heterocycles. The summed E-state index contributed by atoms with van der Waals surface area (Å²) in [6.45, 7) is 7.08. The van der Waals surface area contributed by atoms with Gasteiger partial charge in [0.25, 0.3) is 0 Å². The van der Waals surface area contributed by atoms with E-state index >= 15 is 0 Å². The van der Waals surface area contributed by atoms with Crippen molar-refractivity contribution in [1.82, 2.24) is 0 Å². The molecule has 0 aromatic heterocycles. The van der Waals surface area contributed by atoms with Gasteiger partial charge in [0.1, 0.15) is 0 Å². The molecule has 3 nitrogen and oxygen atoms in total. The van der Waals surface area contributed by atoms with Crippen LogP contribution in [0.4, 0.5) is 0 Å². The van der Waals surface area contributed by atoms with Gasteiger partial charge in [-0.3, -0.25) is 0 Å². The van der Waals surface area contributed by atoms with Crippen LogP contribution in [-0.2, 0) is 9.47 Å². The van der Waals surface area contributed by atoms with Crippen molar-refractivity contribution in [2.75, 3.05) is 19.8 Å². The Balaban J connectivity index is 1.72. The Hall–Kier alpha value is -0.120. The van der Waals surface area contributed by atoms with Gasteiger partial charge in [-0.05, 0) is 56.8 Å². The number of hydrogen-bond acceptors (Lipinski definition) is 3. The van der Waals surface area contributed by atoms with Gasteiger partial charge in [0.2, 0.25) is 0 Å². The molecule has 0 radical (unpaired) electrons. The van der Waals surface area contributed by atoms with Gasteiger partial charge < -0.3 is 15.2 Å². The first-order valence-corrected chi connectivity index (χ1v) is 8.11. The van der Waals surface area contributed by atoms with Crippen LogP contribution in [0.2, 0.25) is 0 Å². The Kier molecular flexibility index (Phi) is 5.67.